The van der Waals surface area contributed by atoms with Crippen molar-refractivity contribution in [2.75, 3.05) is 31.6 Å². The van der Waals surface area contributed by atoms with E-state index in [0.29, 0.717) is 38.0 Å². The number of amides is 1. The third kappa shape index (κ3) is 3.67. The largest absolute Gasteiger partial charge is 0.382 e. The van der Waals surface area contributed by atoms with E-state index in [1.54, 1.807) is 11.1 Å². The summed E-state index contributed by atoms with van der Waals surface area (Å²) in [5.41, 5.74) is 1.44. The standard InChI is InChI=1S/C14H21N3O2/c1-3-11(2)16-12-4-5-15-13(10-12)14(18)17-6-8-19-9-7-17/h4-5,10-11H,3,6-9H2,1-2H3,(H,15,16). The van der Waals surface area contributed by atoms with Crippen molar-refractivity contribution in [1.82, 2.24) is 9.88 Å². The van der Waals surface area contributed by atoms with Gasteiger partial charge in [-0.25, -0.2) is 0 Å². The minimum Gasteiger partial charge on any atom is -0.382 e. The Labute approximate surface area is 114 Å². The number of aromatic nitrogens is 1. The Morgan fingerprint density at radius 1 is 1.53 bits per heavy atom. The SMILES string of the molecule is CCC(C)Nc1ccnc(C(=O)N2CCOCC2)c1. The maximum absolute atomic E-state index is 12.3. The molecule has 1 aliphatic rings. The summed E-state index contributed by atoms with van der Waals surface area (Å²) >= 11 is 0. The van der Waals surface area contributed by atoms with Crippen LogP contribution in [0.4, 0.5) is 5.69 Å². The topological polar surface area (TPSA) is 54.5 Å². The molecule has 5 nitrogen and oxygen atoms in total. The predicted molar refractivity (Wildman–Crippen MR) is 74.3 cm³/mol. The first-order valence-electron chi connectivity index (χ1n) is 6.80. The molecule has 1 fully saturated rings. The fraction of sp³-hybridized carbons (Fsp3) is 0.571. The Hall–Kier alpha value is -1.62. The van der Waals surface area contributed by atoms with Gasteiger partial charge in [0.2, 0.25) is 0 Å². The molecule has 1 saturated heterocycles. The number of carbonyl (C=O) groups is 1. The summed E-state index contributed by atoms with van der Waals surface area (Å²) in [6, 6.07) is 4.10. The first kappa shape index (κ1) is 13.8. The van der Waals surface area contributed by atoms with Crippen LogP contribution in [0.3, 0.4) is 0 Å². The van der Waals surface area contributed by atoms with Crippen molar-refractivity contribution in [3.63, 3.8) is 0 Å². The van der Waals surface area contributed by atoms with E-state index in [2.05, 4.69) is 24.1 Å². The van der Waals surface area contributed by atoms with Crippen LogP contribution in [-0.2, 0) is 4.74 Å². The molecule has 0 aliphatic carbocycles. The molecular weight excluding hydrogens is 242 g/mol. The van der Waals surface area contributed by atoms with Gasteiger partial charge in [-0.2, -0.15) is 0 Å². The van der Waals surface area contributed by atoms with Crippen LogP contribution in [0.25, 0.3) is 0 Å². The van der Waals surface area contributed by atoms with Gasteiger partial charge in [-0.3, -0.25) is 9.78 Å². The molecule has 104 valence electrons. The van der Waals surface area contributed by atoms with Gasteiger partial charge < -0.3 is 15.0 Å². The van der Waals surface area contributed by atoms with Gasteiger partial charge >= 0.3 is 0 Å². The summed E-state index contributed by atoms with van der Waals surface area (Å²) in [4.78, 5) is 18.3. The quantitative estimate of drug-likeness (QED) is 0.899. The van der Waals surface area contributed by atoms with Crippen molar-refractivity contribution < 1.29 is 9.53 Å². The lowest BCUT2D eigenvalue weighted by Crippen LogP contribution is -2.41. The molecule has 1 amide bonds. The van der Waals surface area contributed by atoms with Gasteiger partial charge in [-0.05, 0) is 25.5 Å². The van der Waals surface area contributed by atoms with Crippen LogP contribution in [0, 0.1) is 0 Å². The fourth-order valence-corrected chi connectivity index (χ4v) is 1.95. The van der Waals surface area contributed by atoms with Gasteiger partial charge in [0.05, 0.1) is 13.2 Å². The number of carbonyl (C=O) groups excluding carboxylic acids is 1. The summed E-state index contributed by atoms with van der Waals surface area (Å²) < 4.78 is 5.25. The monoisotopic (exact) mass is 263 g/mol. The highest BCUT2D eigenvalue weighted by molar-refractivity contribution is 5.93. The summed E-state index contributed by atoms with van der Waals surface area (Å²) in [5.74, 6) is -0.0175. The first-order valence-corrected chi connectivity index (χ1v) is 6.80. The van der Waals surface area contributed by atoms with E-state index in [9.17, 15) is 4.79 Å². The van der Waals surface area contributed by atoms with Crippen molar-refractivity contribution >= 4 is 11.6 Å². The molecule has 0 spiro atoms. The van der Waals surface area contributed by atoms with Gasteiger partial charge in [0.1, 0.15) is 5.69 Å². The number of nitrogens with zero attached hydrogens (tertiary/aromatic N) is 2. The number of rotatable bonds is 4. The molecule has 1 aliphatic heterocycles. The zero-order valence-electron chi connectivity index (χ0n) is 11.6. The highest BCUT2D eigenvalue weighted by Crippen LogP contribution is 2.13. The number of pyridine rings is 1. The predicted octanol–water partition coefficient (Wildman–Crippen LogP) is 1.76. The molecule has 2 heterocycles. The van der Waals surface area contributed by atoms with Gasteiger partial charge in [0.25, 0.3) is 5.91 Å². The van der Waals surface area contributed by atoms with Crippen LogP contribution in [0.2, 0.25) is 0 Å². The molecule has 1 aromatic heterocycles. The minimum atomic E-state index is -0.0175. The summed E-state index contributed by atoms with van der Waals surface area (Å²) in [6.45, 7) is 6.74. The zero-order valence-corrected chi connectivity index (χ0v) is 11.6. The molecule has 0 radical (unpaired) electrons. The van der Waals surface area contributed by atoms with E-state index in [-0.39, 0.29) is 5.91 Å². The van der Waals surface area contributed by atoms with Crippen LogP contribution in [0.1, 0.15) is 30.8 Å². The smallest absolute Gasteiger partial charge is 0.272 e. The third-order valence-electron chi connectivity index (χ3n) is 3.30. The van der Waals surface area contributed by atoms with Gasteiger partial charge in [0.15, 0.2) is 0 Å². The lowest BCUT2D eigenvalue weighted by Gasteiger charge is -2.26. The Morgan fingerprint density at radius 2 is 2.26 bits per heavy atom. The van der Waals surface area contributed by atoms with Crippen LogP contribution >= 0.6 is 0 Å². The normalized spacial score (nSPS) is 17.1. The van der Waals surface area contributed by atoms with Crippen LogP contribution in [-0.4, -0.2) is 48.1 Å². The molecule has 2 rings (SSSR count). The average Bonchev–Trinajstić information content (AvgIpc) is 2.47. The second-order valence-electron chi connectivity index (χ2n) is 4.79. The number of morpholine rings is 1. The Morgan fingerprint density at radius 3 is 2.95 bits per heavy atom. The van der Waals surface area contributed by atoms with Gasteiger partial charge in [-0.15, -0.1) is 0 Å². The Kier molecular flexibility index (Phi) is 4.74. The number of anilines is 1. The van der Waals surface area contributed by atoms with Crippen molar-refractivity contribution in [3.05, 3.63) is 24.0 Å². The van der Waals surface area contributed by atoms with Crippen molar-refractivity contribution in [2.24, 2.45) is 0 Å². The molecule has 5 heteroatoms. The molecule has 1 atom stereocenters. The molecule has 1 N–H and O–H groups in total. The summed E-state index contributed by atoms with van der Waals surface area (Å²) in [5, 5.41) is 3.35. The van der Waals surface area contributed by atoms with Crippen molar-refractivity contribution in [2.45, 2.75) is 26.3 Å². The Bertz CT molecular complexity index is 430. The molecule has 19 heavy (non-hydrogen) atoms. The second kappa shape index (κ2) is 6.52. The summed E-state index contributed by atoms with van der Waals surface area (Å²) in [6.07, 6.45) is 2.72. The highest BCUT2D eigenvalue weighted by Gasteiger charge is 2.19. The highest BCUT2D eigenvalue weighted by atomic mass is 16.5. The molecule has 0 bridgehead atoms. The fourth-order valence-electron chi connectivity index (χ4n) is 1.95. The van der Waals surface area contributed by atoms with E-state index in [4.69, 9.17) is 4.74 Å². The average molecular weight is 263 g/mol. The Balaban J connectivity index is 2.06. The van der Waals surface area contributed by atoms with E-state index in [1.807, 2.05) is 12.1 Å². The third-order valence-corrected chi connectivity index (χ3v) is 3.30. The van der Waals surface area contributed by atoms with E-state index >= 15 is 0 Å². The first-order chi connectivity index (χ1) is 9.20. The van der Waals surface area contributed by atoms with Crippen LogP contribution in [0.5, 0.6) is 0 Å². The van der Waals surface area contributed by atoms with Gasteiger partial charge in [-0.1, -0.05) is 6.92 Å². The molecule has 0 aromatic carbocycles. The lowest BCUT2D eigenvalue weighted by molar-refractivity contribution is 0.0299. The van der Waals surface area contributed by atoms with E-state index < -0.39 is 0 Å². The number of hydrogen-bond donors (Lipinski definition) is 1. The minimum absolute atomic E-state index is 0.0175. The molecule has 0 saturated carbocycles. The van der Waals surface area contributed by atoms with Gasteiger partial charge in [0, 0.05) is 31.0 Å². The number of nitrogens with one attached hydrogen (secondary N) is 1. The van der Waals surface area contributed by atoms with Crippen LogP contribution < -0.4 is 5.32 Å². The molecule has 1 unspecified atom stereocenters. The lowest BCUT2D eigenvalue weighted by atomic mass is 10.2. The number of hydrogen-bond acceptors (Lipinski definition) is 4. The summed E-state index contributed by atoms with van der Waals surface area (Å²) in [7, 11) is 0. The molecule has 1 aromatic rings. The zero-order chi connectivity index (χ0) is 13.7. The maximum atomic E-state index is 12.3. The van der Waals surface area contributed by atoms with Crippen molar-refractivity contribution in [3.8, 4) is 0 Å². The van der Waals surface area contributed by atoms with Crippen molar-refractivity contribution in [1.29, 1.82) is 0 Å². The maximum Gasteiger partial charge on any atom is 0.272 e. The second-order valence-corrected chi connectivity index (χ2v) is 4.79. The number of ether oxygens (including phenoxy) is 1. The van der Waals surface area contributed by atoms with Crippen LogP contribution in [0.15, 0.2) is 18.3 Å². The molecular formula is C14H21N3O2. The van der Waals surface area contributed by atoms with E-state index in [1.165, 1.54) is 0 Å². The van der Waals surface area contributed by atoms with E-state index in [0.717, 1.165) is 12.1 Å².